The third-order valence-electron chi connectivity index (χ3n) is 9.08. The smallest absolute Gasteiger partial charge is 0.161 e. The van der Waals surface area contributed by atoms with Crippen LogP contribution in [-0.4, -0.2) is 22.5 Å². The fourth-order valence-corrected chi connectivity index (χ4v) is 6.49. The third-order valence-corrected chi connectivity index (χ3v) is 9.08. The summed E-state index contributed by atoms with van der Waals surface area (Å²) in [5, 5.41) is 11.8. The van der Waals surface area contributed by atoms with Gasteiger partial charge in [-0.05, 0) is 73.4 Å². The van der Waals surface area contributed by atoms with E-state index in [1.165, 1.54) is 27.5 Å². The van der Waals surface area contributed by atoms with Gasteiger partial charge in [0.1, 0.15) is 5.84 Å². The normalized spacial score (nSPS) is 12.8. The summed E-state index contributed by atoms with van der Waals surface area (Å²) in [6, 6.07) is 54.4. The number of aliphatic imine (C=N–C) groups is 2. The fourth-order valence-electron chi connectivity index (χ4n) is 6.49. The first-order chi connectivity index (χ1) is 24.9. The highest BCUT2D eigenvalue weighted by Gasteiger charge is 2.19. The molecule has 7 aromatic rings. The molecule has 0 fully saturated rings. The van der Waals surface area contributed by atoms with Gasteiger partial charge in [-0.3, -0.25) is 5.41 Å². The van der Waals surface area contributed by atoms with Crippen LogP contribution in [0.1, 0.15) is 40.3 Å². The second-order valence-electron chi connectivity index (χ2n) is 12.9. The molecule has 0 bridgehead atoms. The lowest BCUT2D eigenvalue weighted by molar-refractivity contribution is 1.11. The van der Waals surface area contributed by atoms with Crippen molar-refractivity contribution in [3.05, 3.63) is 203 Å². The fraction of sp³-hybridized carbons (Fsp3) is 0.0851. The molecule has 1 heterocycles. The van der Waals surface area contributed by atoms with Crippen LogP contribution >= 0.6 is 0 Å². The first-order valence-electron chi connectivity index (χ1n) is 17.3. The highest BCUT2D eigenvalue weighted by molar-refractivity contribution is 6.15. The van der Waals surface area contributed by atoms with Crippen LogP contribution in [0.15, 0.2) is 179 Å². The number of benzene rings is 6. The number of hydrogen-bond donors (Lipinski definition) is 1. The lowest BCUT2D eigenvalue weighted by atomic mass is 9.96. The molecule has 7 rings (SSSR count). The zero-order valence-electron chi connectivity index (χ0n) is 29.2. The van der Waals surface area contributed by atoms with E-state index in [0.29, 0.717) is 12.3 Å². The minimum Gasteiger partial charge on any atom is -0.312 e. The van der Waals surface area contributed by atoms with Crippen molar-refractivity contribution in [2.75, 3.05) is 0 Å². The number of allylic oxidation sites excluding steroid dienone is 3. The molecule has 4 nitrogen and oxygen atoms in total. The van der Waals surface area contributed by atoms with Crippen LogP contribution < -0.4 is 0 Å². The second-order valence-corrected chi connectivity index (χ2v) is 12.9. The molecule has 0 atom stereocenters. The van der Waals surface area contributed by atoms with Crippen molar-refractivity contribution in [3.63, 3.8) is 0 Å². The molecule has 248 valence electrons. The van der Waals surface area contributed by atoms with Crippen LogP contribution in [-0.2, 0) is 6.42 Å². The Hall–Kier alpha value is -6.39. The summed E-state index contributed by atoms with van der Waals surface area (Å²) >= 11 is 0. The predicted molar refractivity (Wildman–Crippen MR) is 217 cm³/mol. The van der Waals surface area contributed by atoms with Gasteiger partial charge < -0.3 is 4.57 Å². The van der Waals surface area contributed by atoms with Gasteiger partial charge in [0.15, 0.2) is 5.84 Å². The summed E-state index contributed by atoms with van der Waals surface area (Å²) in [7, 11) is 0. The number of rotatable bonds is 8. The van der Waals surface area contributed by atoms with Gasteiger partial charge in [0.2, 0.25) is 0 Å². The van der Waals surface area contributed by atoms with E-state index in [1.807, 2.05) is 73.7 Å². The summed E-state index contributed by atoms with van der Waals surface area (Å²) in [4.78, 5) is 9.62. The van der Waals surface area contributed by atoms with Crippen LogP contribution in [0.2, 0.25) is 0 Å². The first kappa shape index (κ1) is 33.1. The number of hydrogen-bond acceptors (Lipinski definition) is 1. The molecule has 0 aliphatic rings. The van der Waals surface area contributed by atoms with E-state index in [9.17, 15) is 5.41 Å². The Morgan fingerprint density at radius 3 is 1.71 bits per heavy atom. The molecular formula is C47H40N4. The number of aromatic nitrogens is 1. The third kappa shape index (κ3) is 7.46. The number of aryl methyl sites for hydroxylation is 2. The van der Waals surface area contributed by atoms with Gasteiger partial charge in [-0.1, -0.05) is 145 Å². The molecule has 1 N–H and O–H groups in total. The molecule has 0 aliphatic heterocycles. The van der Waals surface area contributed by atoms with Crippen LogP contribution in [0.3, 0.4) is 0 Å². The van der Waals surface area contributed by atoms with Crippen molar-refractivity contribution in [3.8, 4) is 0 Å². The molecule has 51 heavy (non-hydrogen) atoms. The molecule has 0 radical (unpaired) electrons. The van der Waals surface area contributed by atoms with Gasteiger partial charge in [-0.15, -0.1) is 0 Å². The Kier molecular flexibility index (Phi) is 9.75. The lowest BCUT2D eigenvalue weighted by Gasteiger charge is -2.19. The number of nitrogens with zero attached hydrogens (tertiary/aromatic N) is 3. The lowest BCUT2D eigenvalue weighted by Crippen LogP contribution is -2.07. The average molecular weight is 661 g/mol. The van der Waals surface area contributed by atoms with Gasteiger partial charge in [0, 0.05) is 40.2 Å². The molecule has 0 spiro atoms. The highest BCUT2D eigenvalue weighted by atomic mass is 15.0. The molecule has 0 saturated heterocycles. The number of fused-ring (bicyclic) bond motifs is 3. The maximum absolute atomic E-state index is 9.30. The average Bonchev–Trinajstić information content (AvgIpc) is 3.48. The maximum atomic E-state index is 9.30. The van der Waals surface area contributed by atoms with E-state index < -0.39 is 0 Å². The zero-order chi connectivity index (χ0) is 35.2. The predicted octanol–water partition coefficient (Wildman–Crippen LogP) is 11.5. The number of amidine groups is 2. The van der Waals surface area contributed by atoms with E-state index in [2.05, 4.69) is 115 Å². The van der Waals surface area contributed by atoms with Crippen molar-refractivity contribution < 1.29 is 0 Å². The van der Waals surface area contributed by atoms with E-state index in [1.54, 1.807) is 6.21 Å². The Morgan fingerprint density at radius 1 is 0.627 bits per heavy atom. The number of nitrogens with one attached hydrogen (secondary N) is 1. The molecular weight excluding hydrogens is 621 g/mol. The Bertz CT molecular complexity index is 2390. The largest absolute Gasteiger partial charge is 0.312 e. The minimum atomic E-state index is 0.153. The standard InChI is InChI=1S/C47H40N4/c1-33-24-26-43-41(28-33)42-29-34(2)25-27-44(42)51(43)45(31-36-16-8-4-9-17-36)40(38-20-12-6-13-21-38)30-35(3)46(48)50-47(39-22-14-7-15-23-39)49-32-37-18-10-5-11-19-37/h4-30,32,48H,31H2,1-3H3/b35-30+,45-40-,48-46?,49-32+,50-47-. The van der Waals surface area contributed by atoms with Gasteiger partial charge in [0.25, 0.3) is 0 Å². The van der Waals surface area contributed by atoms with E-state index in [4.69, 9.17) is 9.98 Å². The summed E-state index contributed by atoms with van der Waals surface area (Å²) in [6.07, 6.45) is 4.61. The first-order valence-corrected chi connectivity index (χ1v) is 17.3. The maximum Gasteiger partial charge on any atom is 0.161 e. The highest BCUT2D eigenvalue weighted by Crippen LogP contribution is 2.37. The van der Waals surface area contributed by atoms with Crippen LogP contribution in [0.25, 0.3) is 33.1 Å². The Labute approximate surface area is 300 Å². The van der Waals surface area contributed by atoms with Gasteiger partial charge in [0.05, 0.1) is 11.0 Å². The summed E-state index contributed by atoms with van der Waals surface area (Å²) in [5.41, 5.74) is 11.7. The van der Waals surface area contributed by atoms with Crippen molar-refractivity contribution >= 4 is 51.0 Å². The van der Waals surface area contributed by atoms with Crippen molar-refractivity contribution in [2.24, 2.45) is 9.98 Å². The van der Waals surface area contributed by atoms with Crippen LogP contribution in [0.5, 0.6) is 0 Å². The molecule has 0 saturated carbocycles. The summed E-state index contributed by atoms with van der Waals surface area (Å²) < 4.78 is 2.43. The van der Waals surface area contributed by atoms with Gasteiger partial charge in [-0.25, -0.2) is 9.98 Å². The molecule has 0 aliphatic carbocycles. The Morgan fingerprint density at radius 2 is 1.14 bits per heavy atom. The van der Waals surface area contributed by atoms with Gasteiger partial charge in [-0.2, -0.15) is 0 Å². The topological polar surface area (TPSA) is 53.5 Å². The van der Waals surface area contributed by atoms with Crippen molar-refractivity contribution in [1.29, 1.82) is 5.41 Å². The SMILES string of the molecule is C/C(=C\C(=C(/Cc1ccccc1)n1c2ccc(C)cc2c2cc(C)ccc21)c1ccccc1)C(=N)/N=C(\N=C\c1ccccc1)c1ccccc1. The monoisotopic (exact) mass is 660 g/mol. The van der Waals surface area contributed by atoms with Crippen LogP contribution in [0, 0.1) is 19.3 Å². The summed E-state index contributed by atoms with van der Waals surface area (Å²) in [5.74, 6) is 0.639. The van der Waals surface area contributed by atoms with Gasteiger partial charge >= 0.3 is 0 Å². The van der Waals surface area contributed by atoms with Crippen molar-refractivity contribution in [2.45, 2.75) is 27.2 Å². The Balaban J connectivity index is 1.46. The molecule has 0 amide bonds. The van der Waals surface area contributed by atoms with E-state index >= 15 is 0 Å². The van der Waals surface area contributed by atoms with Crippen molar-refractivity contribution in [1.82, 2.24) is 4.57 Å². The molecule has 0 unspecified atom stereocenters. The molecule has 4 heteroatoms. The molecule has 6 aromatic carbocycles. The van der Waals surface area contributed by atoms with E-state index in [0.717, 1.165) is 44.6 Å². The van der Waals surface area contributed by atoms with Crippen LogP contribution in [0.4, 0.5) is 0 Å². The van der Waals surface area contributed by atoms with E-state index in [-0.39, 0.29) is 5.84 Å². The second kappa shape index (κ2) is 15.0. The minimum absolute atomic E-state index is 0.153. The molecule has 1 aromatic heterocycles. The zero-order valence-corrected chi connectivity index (χ0v) is 29.2. The quantitative estimate of drug-likeness (QED) is 0.0958. The summed E-state index contributed by atoms with van der Waals surface area (Å²) in [6.45, 7) is 6.28.